The van der Waals surface area contributed by atoms with Gasteiger partial charge in [0.25, 0.3) is 5.91 Å². The summed E-state index contributed by atoms with van der Waals surface area (Å²) in [5.74, 6) is -0.328. The lowest BCUT2D eigenvalue weighted by atomic mass is 10.3. The molecule has 0 atom stereocenters. The van der Waals surface area contributed by atoms with E-state index in [1.165, 1.54) is 34.8 Å². The number of rotatable bonds is 5. The van der Waals surface area contributed by atoms with Crippen LogP contribution in [-0.4, -0.2) is 30.5 Å². The molecule has 0 bridgehead atoms. The van der Waals surface area contributed by atoms with E-state index in [4.69, 9.17) is 0 Å². The van der Waals surface area contributed by atoms with E-state index < -0.39 is 9.84 Å². The van der Waals surface area contributed by atoms with Gasteiger partial charge in [0.15, 0.2) is 20.1 Å². The van der Waals surface area contributed by atoms with Gasteiger partial charge in [-0.2, -0.15) is 0 Å². The number of aromatic nitrogens is 2. The summed E-state index contributed by atoms with van der Waals surface area (Å²) in [6.07, 6.45) is 2.85. The summed E-state index contributed by atoms with van der Waals surface area (Å²) < 4.78 is 22.9. The molecule has 0 saturated carbocycles. The van der Waals surface area contributed by atoms with Gasteiger partial charge in [-0.25, -0.2) is 18.4 Å². The number of carbonyl (C=O) groups is 1. The number of anilines is 3. The number of carbonyl (C=O) groups excluding carboxylic acids is 1. The van der Waals surface area contributed by atoms with E-state index in [1.54, 1.807) is 23.7 Å². The van der Waals surface area contributed by atoms with E-state index in [0.717, 1.165) is 11.1 Å². The Morgan fingerprint density at radius 3 is 2.48 bits per heavy atom. The Bertz CT molecular complexity index is 1010. The minimum absolute atomic E-state index is 0.246. The number of hydrogen-bond donors (Lipinski definition) is 2. The van der Waals surface area contributed by atoms with Gasteiger partial charge in [0.1, 0.15) is 5.69 Å². The monoisotopic (exact) mass is 394 g/mol. The zero-order valence-corrected chi connectivity index (χ0v) is 15.8. The molecule has 25 heavy (non-hydrogen) atoms. The van der Waals surface area contributed by atoms with E-state index in [-0.39, 0.29) is 16.5 Å². The van der Waals surface area contributed by atoms with Crippen molar-refractivity contribution in [2.24, 2.45) is 0 Å². The van der Waals surface area contributed by atoms with E-state index in [0.29, 0.717) is 16.0 Å². The first kappa shape index (κ1) is 17.5. The normalized spacial score (nSPS) is 11.3. The van der Waals surface area contributed by atoms with Gasteiger partial charge in [-0.05, 0) is 31.2 Å². The van der Waals surface area contributed by atoms with Crippen molar-refractivity contribution in [1.82, 2.24) is 9.97 Å². The highest BCUT2D eigenvalue weighted by molar-refractivity contribution is 7.90. The number of thiazole rings is 2. The predicted molar refractivity (Wildman–Crippen MR) is 99.8 cm³/mol. The number of amides is 1. The number of benzene rings is 1. The van der Waals surface area contributed by atoms with E-state index in [2.05, 4.69) is 20.6 Å². The number of aryl methyl sites for hydroxylation is 1. The smallest absolute Gasteiger partial charge is 0.276 e. The summed E-state index contributed by atoms with van der Waals surface area (Å²) in [5, 5.41) is 8.45. The molecule has 3 aromatic rings. The maximum atomic E-state index is 12.1. The summed E-state index contributed by atoms with van der Waals surface area (Å²) in [6.45, 7) is 1.91. The van der Waals surface area contributed by atoms with Crippen LogP contribution < -0.4 is 10.6 Å². The van der Waals surface area contributed by atoms with E-state index >= 15 is 0 Å². The zero-order chi connectivity index (χ0) is 18.0. The maximum absolute atomic E-state index is 12.1. The molecule has 1 aromatic carbocycles. The molecule has 0 saturated heterocycles. The third-order valence-electron chi connectivity index (χ3n) is 3.11. The Morgan fingerprint density at radius 2 is 1.88 bits per heavy atom. The molecule has 10 heteroatoms. The van der Waals surface area contributed by atoms with Crippen molar-refractivity contribution in [3.63, 3.8) is 0 Å². The van der Waals surface area contributed by atoms with Crippen LogP contribution in [0.25, 0.3) is 0 Å². The van der Waals surface area contributed by atoms with Crippen LogP contribution >= 0.6 is 22.7 Å². The Balaban J connectivity index is 1.68. The zero-order valence-electron chi connectivity index (χ0n) is 13.3. The molecule has 0 unspecified atom stereocenters. The molecule has 0 aliphatic heterocycles. The van der Waals surface area contributed by atoms with Crippen molar-refractivity contribution in [3.8, 4) is 0 Å². The Labute approximate surface area is 152 Å². The first-order valence-electron chi connectivity index (χ1n) is 7.08. The first-order valence-corrected chi connectivity index (χ1v) is 10.7. The van der Waals surface area contributed by atoms with Crippen molar-refractivity contribution in [1.29, 1.82) is 0 Å². The largest absolute Gasteiger partial charge is 0.332 e. The molecule has 0 fully saturated rings. The molecule has 2 aromatic heterocycles. The summed E-state index contributed by atoms with van der Waals surface area (Å²) in [4.78, 5) is 21.7. The van der Waals surface area contributed by atoms with Gasteiger partial charge in [-0.1, -0.05) is 0 Å². The van der Waals surface area contributed by atoms with Gasteiger partial charge in [-0.15, -0.1) is 22.7 Å². The lowest BCUT2D eigenvalue weighted by Crippen LogP contribution is -2.12. The number of hydrogen-bond acceptors (Lipinski definition) is 8. The van der Waals surface area contributed by atoms with Crippen molar-refractivity contribution in [2.45, 2.75) is 11.8 Å². The van der Waals surface area contributed by atoms with Crippen LogP contribution in [0, 0.1) is 6.92 Å². The van der Waals surface area contributed by atoms with Gasteiger partial charge >= 0.3 is 0 Å². The van der Waals surface area contributed by atoms with Gasteiger partial charge in [0, 0.05) is 28.4 Å². The highest BCUT2D eigenvalue weighted by Crippen LogP contribution is 2.23. The lowest BCUT2D eigenvalue weighted by molar-refractivity contribution is 0.102. The van der Waals surface area contributed by atoms with Crippen molar-refractivity contribution >= 4 is 54.4 Å². The molecule has 2 N–H and O–H groups in total. The standard InChI is InChI=1S/C15H14N4O3S3/c1-9-7-16-14(24-9)19-13(20)12-8-23-15(18-12)17-10-3-5-11(6-4-10)25(2,21)22/h3-8H,1-2H3,(H,17,18)(H,16,19,20). The molecule has 130 valence electrons. The topological polar surface area (TPSA) is 101 Å². The van der Waals surface area contributed by atoms with Crippen LogP contribution in [0.2, 0.25) is 0 Å². The van der Waals surface area contributed by atoms with Gasteiger partial charge in [0.2, 0.25) is 0 Å². The van der Waals surface area contributed by atoms with Crippen LogP contribution in [0.15, 0.2) is 40.7 Å². The molecule has 3 rings (SSSR count). The average molecular weight is 395 g/mol. The summed E-state index contributed by atoms with van der Waals surface area (Å²) in [5.41, 5.74) is 0.970. The number of nitrogens with zero attached hydrogens (tertiary/aromatic N) is 2. The second-order valence-electron chi connectivity index (χ2n) is 5.19. The first-order chi connectivity index (χ1) is 11.8. The van der Waals surface area contributed by atoms with Crippen LogP contribution in [0.5, 0.6) is 0 Å². The SMILES string of the molecule is Cc1cnc(NC(=O)c2csc(Nc3ccc(S(C)(=O)=O)cc3)n2)s1. The van der Waals surface area contributed by atoms with Gasteiger partial charge in [0.05, 0.1) is 4.90 Å². The third-order valence-corrected chi connectivity index (χ3v) is 5.83. The molecule has 0 spiro atoms. The van der Waals surface area contributed by atoms with Crippen LogP contribution in [0.4, 0.5) is 16.0 Å². The minimum atomic E-state index is -3.23. The second-order valence-corrected chi connectivity index (χ2v) is 9.30. The number of nitrogens with one attached hydrogen (secondary N) is 2. The average Bonchev–Trinajstić information content (AvgIpc) is 3.16. The third kappa shape index (κ3) is 4.41. The van der Waals surface area contributed by atoms with E-state index in [1.807, 2.05) is 6.92 Å². The summed E-state index contributed by atoms with van der Waals surface area (Å²) in [7, 11) is -3.23. The highest BCUT2D eigenvalue weighted by atomic mass is 32.2. The van der Waals surface area contributed by atoms with Crippen LogP contribution in [-0.2, 0) is 9.84 Å². The summed E-state index contributed by atoms with van der Waals surface area (Å²) >= 11 is 2.67. The fourth-order valence-electron chi connectivity index (χ4n) is 1.92. The van der Waals surface area contributed by atoms with Gasteiger partial charge in [-0.3, -0.25) is 10.1 Å². The molecule has 0 aliphatic carbocycles. The molecule has 1 amide bonds. The summed E-state index contributed by atoms with van der Waals surface area (Å²) in [6, 6.07) is 6.33. The van der Waals surface area contributed by atoms with Crippen LogP contribution in [0.3, 0.4) is 0 Å². The van der Waals surface area contributed by atoms with Gasteiger partial charge < -0.3 is 5.32 Å². The quantitative estimate of drug-likeness (QED) is 0.688. The molecule has 0 radical (unpaired) electrons. The number of sulfone groups is 1. The molecular weight excluding hydrogens is 380 g/mol. The molecule has 2 heterocycles. The second kappa shape index (κ2) is 6.90. The fourth-order valence-corrected chi connectivity index (χ4v) is 3.92. The van der Waals surface area contributed by atoms with Crippen LogP contribution in [0.1, 0.15) is 15.4 Å². The highest BCUT2D eigenvalue weighted by Gasteiger charge is 2.13. The Morgan fingerprint density at radius 1 is 1.16 bits per heavy atom. The molecule has 7 nitrogen and oxygen atoms in total. The Hall–Kier alpha value is -2.30. The van der Waals surface area contributed by atoms with Crippen molar-refractivity contribution in [2.75, 3.05) is 16.9 Å². The maximum Gasteiger partial charge on any atom is 0.276 e. The molecular formula is C15H14N4O3S3. The van der Waals surface area contributed by atoms with Crippen molar-refractivity contribution < 1.29 is 13.2 Å². The minimum Gasteiger partial charge on any atom is -0.332 e. The van der Waals surface area contributed by atoms with E-state index in [9.17, 15) is 13.2 Å². The molecule has 0 aliphatic rings. The fraction of sp³-hybridized carbons (Fsp3) is 0.133. The predicted octanol–water partition coefficient (Wildman–Crippen LogP) is 3.31. The lowest BCUT2D eigenvalue weighted by Gasteiger charge is -2.03. The van der Waals surface area contributed by atoms with Crippen molar-refractivity contribution in [3.05, 3.63) is 46.4 Å². The Kier molecular flexibility index (Phi) is 4.84.